The van der Waals surface area contributed by atoms with Gasteiger partial charge in [-0.15, -0.1) is 0 Å². The molecule has 0 radical (unpaired) electrons. The summed E-state index contributed by atoms with van der Waals surface area (Å²) >= 11 is 1.44. The van der Waals surface area contributed by atoms with E-state index in [4.69, 9.17) is 0 Å². The van der Waals surface area contributed by atoms with E-state index in [1.807, 2.05) is 6.08 Å². The topological polar surface area (TPSA) is 46.2 Å². The molecule has 0 amide bonds. The third kappa shape index (κ3) is 6.18. The summed E-state index contributed by atoms with van der Waals surface area (Å²) in [5, 5.41) is 0. The highest BCUT2D eigenvalue weighted by Gasteiger charge is 2.31. The molecule has 146 valence electrons. The molecule has 0 aromatic heterocycles. The summed E-state index contributed by atoms with van der Waals surface area (Å²) in [6.45, 7) is 0. The number of hydrogen-bond donors (Lipinski definition) is 1. The van der Waals surface area contributed by atoms with E-state index < -0.39 is 6.04 Å². The van der Waals surface area contributed by atoms with Crippen molar-refractivity contribution in [1.82, 2.24) is 4.72 Å². The molecule has 0 bridgehead atoms. The van der Waals surface area contributed by atoms with E-state index in [9.17, 15) is 9.59 Å². The van der Waals surface area contributed by atoms with Gasteiger partial charge in [-0.2, -0.15) is 0 Å². The maximum Gasteiger partial charge on any atom is 0.174 e. The molecule has 2 atom stereocenters. The molecule has 3 nitrogen and oxygen atoms in total. The molecule has 28 heavy (non-hydrogen) atoms. The van der Waals surface area contributed by atoms with Crippen LogP contribution in [0.2, 0.25) is 0 Å². The Bertz CT molecular complexity index is 786. The SMILES string of the molecule is O=C[C@@H]1CSNC1C(=O)C=Cc1ccc(CCCCCc2ccccc2)cc1. The van der Waals surface area contributed by atoms with E-state index >= 15 is 0 Å². The van der Waals surface area contributed by atoms with E-state index in [0.717, 1.165) is 24.7 Å². The third-order valence-electron chi connectivity index (χ3n) is 5.09. The molecule has 1 N–H and O–H groups in total. The number of benzene rings is 2. The number of nitrogens with one attached hydrogen (secondary N) is 1. The van der Waals surface area contributed by atoms with E-state index in [-0.39, 0.29) is 11.7 Å². The average Bonchev–Trinajstić information content (AvgIpc) is 3.22. The first-order valence-corrected chi connectivity index (χ1v) is 10.9. The monoisotopic (exact) mass is 393 g/mol. The van der Waals surface area contributed by atoms with Crippen molar-refractivity contribution in [2.75, 3.05) is 5.75 Å². The lowest BCUT2D eigenvalue weighted by Gasteiger charge is -2.09. The number of carbonyl (C=O) groups excluding carboxylic acids is 2. The Kier molecular flexibility index (Phi) is 8.07. The van der Waals surface area contributed by atoms with Crippen molar-refractivity contribution < 1.29 is 9.59 Å². The van der Waals surface area contributed by atoms with Gasteiger partial charge in [-0.3, -0.25) is 9.52 Å². The lowest BCUT2D eigenvalue weighted by atomic mass is 9.99. The van der Waals surface area contributed by atoms with Gasteiger partial charge in [-0.25, -0.2) is 0 Å². The Balaban J connectivity index is 1.39. The highest BCUT2D eigenvalue weighted by atomic mass is 32.2. The van der Waals surface area contributed by atoms with Crippen LogP contribution in [0.4, 0.5) is 0 Å². The first-order valence-electron chi connectivity index (χ1n) is 9.93. The predicted molar refractivity (Wildman–Crippen MR) is 117 cm³/mol. The fraction of sp³-hybridized carbons (Fsp3) is 0.333. The van der Waals surface area contributed by atoms with Gasteiger partial charge >= 0.3 is 0 Å². The normalized spacial score (nSPS) is 19.1. The second kappa shape index (κ2) is 11.0. The molecule has 1 unspecified atom stereocenters. The number of hydrogen-bond acceptors (Lipinski definition) is 4. The van der Waals surface area contributed by atoms with Crippen LogP contribution in [-0.2, 0) is 22.4 Å². The number of ketones is 1. The highest BCUT2D eigenvalue weighted by Crippen LogP contribution is 2.20. The van der Waals surface area contributed by atoms with Gasteiger partial charge in [0.1, 0.15) is 6.29 Å². The molecule has 2 aromatic rings. The summed E-state index contributed by atoms with van der Waals surface area (Å²) < 4.78 is 3.03. The summed E-state index contributed by atoms with van der Waals surface area (Å²) in [4.78, 5) is 23.2. The Morgan fingerprint density at radius 3 is 2.32 bits per heavy atom. The van der Waals surface area contributed by atoms with Gasteiger partial charge in [0.25, 0.3) is 0 Å². The fourth-order valence-corrected chi connectivity index (χ4v) is 4.39. The number of rotatable bonds is 10. The van der Waals surface area contributed by atoms with Crippen molar-refractivity contribution in [1.29, 1.82) is 0 Å². The van der Waals surface area contributed by atoms with Crippen LogP contribution in [-0.4, -0.2) is 23.9 Å². The van der Waals surface area contributed by atoms with Gasteiger partial charge in [0.15, 0.2) is 5.78 Å². The zero-order chi connectivity index (χ0) is 19.6. The Hall–Kier alpha value is -2.17. The van der Waals surface area contributed by atoms with Crippen LogP contribution >= 0.6 is 11.9 Å². The Morgan fingerprint density at radius 1 is 0.964 bits per heavy atom. The van der Waals surface area contributed by atoms with Crippen LogP contribution in [0.15, 0.2) is 60.7 Å². The molecule has 4 heteroatoms. The predicted octanol–water partition coefficient (Wildman–Crippen LogP) is 4.66. The summed E-state index contributed by atoms with van der Waals surface area (Å²) in [7, 11) is 0. The van der Waals surface area contributed by atoms with Gasteiger partial charge in [-0.1, -0.05) is 79.0 Å². The van der Waals surface area contributed by atoms with E-state index in [1.54, 1.807) is 6.08 Å². The summed E-state index contributed by atoms with van der Waals surface area (Å²) in [5.74, 6) is 0.393. The number of aryl methyl sites for hydroxylation is 2. The Labute approximate surface area is 171 Å². The molecule has 1 saturated heterocycles. The van der Waals surface area contributed by atoms with Gasteiger partial charge in [0, 0.05) is 11.7 Å². The molecule has 1 aliphatic heterocycles. The van der Waals surface area contributed by atoms with Crippen molar-refractivity contribution in [2.24, 2.45) is 5.92 Å². The first-order chi connectivity index (χ1) is 13.8. The standard InChI is InChI=1S/C24H27NO2S/c26-17-22-18-28-25-24(22)23(27)16-15-21-13-11-20(12-14-21)10-6-2-5-9-19-7-3-1-4-8-19/h1,3-4,7-8,11-17,22,24-25H,2,5-6,9-10,18H2/t22-,24?/m1/s1. The zero-order valence-corrected chi connectivity index (χ0v) is 16.9. The molecule has 0 saturated carbocycles. The lowest BCUT2D eigenvalue weighted by Crippen LogP contribution is -2.34. The molecule has 0 spiro atoms. The largest absolute Gasteiger partial charge is 0.303 e. The quantitative estimate of drug-likeness (QED) is 0.276. The molecular weight excluding hydrogens is 366 g/mol. The van der Waals surface area contributed by atoms with Crippen LogP contribution < -0.4 is 4.72 Å². The maximum absolute atomic E-state index is 12.2. The molecular formula is C24H27NO2S. The lowest BCUT2D eigenvalue weighted by molar-refractivity contribution is -0.120. The second-order valence-corrected chi connectivity index (χ2v) is 8.09. The van der Waals surface area contributed by atoms with Crippen LogP contribution in [0.5, 0.6) is 0 Å². The van der Waals surface area contributed by atoms with Crippen molar-refractivity contribution >= 4 is 30.1 Å². The molecule has 3 rings (SSSR count). The minimum Gasteiger partial charge on any atom is -0.303 e. The van der Waals surface area contributed by atoms with Gasteiger partial charge in [0.05, 0.1) is 6.04 Å². The first kappa shape index (κ1) is 20.6. The van der Waals surface area contributed by atoms with Crippen molar-refractivity contribution in [3.05, 3.63) is 77.4 Å². The van der Waals surface area contributed by atoms with Crippen LogP contribution in [0.1, 0.15) is 36.0 Å². The minimum absolute atomic E-state index is 0.0374. The highest BCUT2D eigenvalue weighted by molar-refractivity contribution is 7.97. The minimum atomic E-state index is -0.395. The zero-order valence-electron chi connectivity index (χ0n) is 16.1. The van der Waals surface area contributed by atoms with Crippen molar-refractivity contribution in [2.45, 2.75) is 38.1 Å². The average molecular weight is 394 g/mol. The fourth-order valence-electron chi connectivity index (χ4n) is 3.36. The van der Waals surface area contributed by atoms with Gasteiger partial charge in [0.2, 0.25) is 0 Å². The molecule has 2 aromatic carbocycles. The smallest absolute Gasteiger partial charge is 0.174 e. The van der Waals surface area contributed by atoms with Crippen molar-refractivity contribution in [3.8, 4) is 0 Å². The molecule has 1 fully saturated rings. The maximum atomic E-state index is 12.2. The third-order valence-corrected chi connectivity index (χ3v) is 6.06. The Morgan fingerprint density at radius 2 is 1.64 bits per heavy atom. The summed E-state index contributed by atoms with van der Waals surface area (Å²) in [6, 6.07) is 18.6. The number of carbonyl (C=O) groups is 2. The second-order valence-electron chi connectivity index (χ2n) is 7.23. The van der Waals surface area contributed by atoms with Crippen LogP contribution in [0.3, 0.4) is 0 Å². The summed E-state index contributed by atoms with van der Waals surface area (Å²) in [6.07, 6.45) is 10.2. The molecule has 1 heterocycles. The van der Waals surface area contributed by atoms with Gasteiger partial charge in [-0.05, 0) is 48.4 Å². The summed E-state index contributed by atoms with van der Waals surface area (Å²) in [5.41, 5.74) is 3.76. The van der Waals surface area contributed by atoms with E-state index in [1.165, 1.54) is 42.3 Å². The van der Waals surface area contributed by atoms with Crippen LogP contribution in [0.25, 0.3) is 6.08 Å². The molecule has 1 aliphatic rings. The van der Waals surface area contributed by atoms with Gasteiger partial charge < -0.3 is 4.79 Å². The number of unbranched alkanes of at least 4 members (excludes halogenated alkanes) is 2. The molecule has 0 aliphatic carbocycles. The van der Waals surface area contributed by atoms with E-state index in [0.29, 0.717) is 5.75 Å². The number of aldehydes is 1. The van der Waals surface area contributed by atoms with Crippen LogP contribution in [0, 0.1) is 5.92 Å². The van der Waals surface area contributed by atoms with Crippen molar-refractivity contribution in [3.63, 3.8) is 0 Å². The van der Waals surface area contributed by atoms with E-state index in [2.05, 4.69) is 59.3 Å².